The third-order valence-electron chi connectivity index (χ3n) is 3.48. The zero-order chi connectivity index (χ0) is 17.5. The number of fused-ring (bicyclic) bond motifs is 1. The number of hydrogen-bond donors (Lipinski definition) is 1. The molecular weight excluding hydrogens is 335 g/mol. The van der Waals surface area contributed by atoms with Crippen LogP contribution < -0.4 is 10.1 Å². The van der Waals surface area contributed by atoms with Crippen LogP contribution in [0, 0.1) is 12.7 Å². The highest BCUT2D eigenvalue weighted by Crippen LogP contribution is 2.32. The number of ether oxygens (including phenoxy) is 1. The van der Waals surface area contributed by atoms with Gasteiger partial charge in [0.25, 0.3) is 0 Å². The van der Waals surface area contributed by atoms with Crippen LogP contribution in [0.3, 0.4) is 0 Å². The van der Waals surface area contributed by atoms with E-state index >= 15 is 0 Å². The van der Waals surface area contributed by atoms with Crippen molar-refractivity contribution in [3.05, 3.63) is 41.8 Å². The van der Waals surface area contributed by atoms with E-state index in [1.807, 2.05) is 0 Å². The molecule has 0 amide bonds. The fraction of sp³-hybridized carbons (Fsp3) is 0.200. The number of nitrogens with one attached hydrogen (secondary N) is 1. The zero-order valence-corrected chi connectivity index (χ0v) is 14.1. The number of nitrogens with zero attached hydrogens (tertiary/aromatic N) is 3. The summed E-state index contributed by atoms with van der Waals surface area (Å²) in [6, 6.07) is 6.25. The van der Waals surface area contributed by atoms with Gasteiger partial charge in [-0.2, -0.15) is 4.52 Å². The summed E-state index contributed by atoms with van der Waals surface area (Å²) in [6.07, 6.45) is 0. The average molecular weight is 350 g/mol. The molecule has 3 rings (SSSR count). The van der Waals surface area contributed by atoms with Gasteiger partial charge >= 0.3 is 0 Å². The Morgan fingerprint density at radius 2 is 1.92 bits per heavy atom. The largest absolute Gasteiger partial charge is 0.481 e. The molecule has 0 saturated heterocycles. The number of benzene rings is 1. The van der Waals surface area contributed by atoms with Crippen LogP contribution in [-0.2, 0) is 9.84 Å². The molecule has 0 fully saturated rings. The topological polar surface area (TPSA) is 85.6 Å². The Balaban J connectivity index is 2.36. The smallest absolute Gasteiger partial charge is 0.218 e. The van der Waals surface area contributed by atoms with Crippen LogP contribution in [0.25, 0.3) is 5.65 Å². The first-order valence-corrected chi connectivity index (χ1v) is 8.49. The maximum absolute atomic E-state index is 13.1. The quantitative estimate of drug-likeness (QED) is 0.725. The molecule has 0 saturated carbocycles. The Labute approximate surface area is 138 Å². The van der Waals surface area contributed by atoms with E-state index in [0.29, 0.717) is 11.6 Å². The molecule has 0 aliphatic heterocycles. The van der Waals surface area contributed by atoms with Gasteiger partial charge in [-0.05, 0) is 31.2 Å². The number of aryl methyl sites for hydroxylation is 1. The standard InChI is InChI=1S/C15H15FN4O3S/c1-9-8-12(23-3)20-15(18-9)13(14(17-2)19-20)24(21,22)11-6-4-10(16)5-7-11/h4-8H,1-3H3,(H,17,19). The maximum Gasteiger partial charge on any atom is 0.218 e. The molecule has 0 unspecified atom stereocenters. The zero-order valence-electron chi connectivity index (χ0n) is 13.2. The Hall–Kier alpha value is -2.68. The summed E-state index contributed by atoms with van der Waals surface area (Å²) >= 11 is 0. The third kappa shape index (κ3) is 2.46. The van der Waals surface area contributed by atoms with Crippen molar-refractivity contribution in [2.45, 2.75) is 16.7 Å². The minimum atomic E-state index is -3.95. The van der Waals surface area contributed by atoms with Crippen LogP contribution in [0.4, 0.5) is 10.2 Å². The van der Waals surface area contributed by atoms with E-state index in [9.17, 15) is 12.8 Å². The van der Waals surface area contributed by atoms with Gasteiger partial charge in [0.05, 0.1) is 12.0 Å². The molecule has 0 atom stereocenters. The molecule has 0 radical (unpaired) electrons. The van der Waals surface area contributed by atoms with Gasteiger partial charge in [-0.3, -0.25) is 0 Å². The second-order valence-corrected chi connectivity index (χ2v) is 6.95. The molecule has 0 spiro atoms. The maximum atomic E-state index is 13.1. The predicted molar refractivity (Wildman–Crippen MR) is 85.7 cm³/mol. The van der Waals surface area contributed by atoms with Gasteiger partial charge in [-0.1, -0.05) is 0 Å². The van der Waals surface area contributed by atoms with Gasteiger partial charge in [0.15, 0.2) is 16.4 Å². The summed E-state index contributed by atoms with van der Waals surface area (Å²) in [7, 11) is -0.932. The highest BCUT2D eigenvalue weighted by Gasteiger charge is 2.29. The van der Waals surface area contributed by atoms with Crippen molar-refractivity contribution >= 4 is 21.3 Å². The second kappa shape index (κ2) is 5.75. The summed E-state index contributed by atoms with van der Waals surface area (Å²) in [6.45, 7) is 1.73. The molecule has 2 heterocycles. The molecule has 0 aliphatic rings. The molecule has 9 heteroatoms. The van der Waals surface area contributed by atoms with E-state index in [1.165, 1.54) is 23.8 Å². The van der Waals surface area contributed by atoms with Crippen LogP contribution in [0.1, 0.15) is 5.69 Å². The van der Waals surface area contributed by atoms with Crippen molar-refractivity contribution in [2.75, 3.05) is 19.5 Å². The molecule has 3 aromatic rings. The number of sulfone groups is 1. The number of halogens is 1. The van der Waals surface area contributed by atoms with E-state index in [2.05, 4.69) is 15.4 Å². The predicted octanol–water partition coefficient (Wildman–Crippen LogP) is 2.06. The molecule has 7 nitrogen and oxygen atoms in total. The van der Waals surface area contributed by atoms with Gasteiger partial charge in [0.1, 0.15) is 5.82 Å². The van der Waals surface area contributed by atoms with E-state index in [-0.39, 0.29) is 21.3 Å². The van der Waals surface area contributed by atoms with Crippen molar-refractivity contribution in [2.24, 2.45) is 0 Å². The van der Waals surface area contributed by atoms with Crippen LogP contribution >= 0.6 is 0 Å². The van der Waals surface area contributed by atoms with Gasteiger partial charge in [0.2, 0.25) is 15.7 Å². The first kappa shape index (κ1) is 16.2. The van der Waals surface area contributed by atoms with E-state index in [4.69, 9.17) is 4.74 Å². The molecule has 1 N–H and O–H groups in total. The minimum absolute atomic E-state index is 0.0439. The molecule has 24 heavy (non-hydrogen) atoms. The first-order chi connectivity index (χ1) is 11.4. The van der Waals surface area contributed by atoms with Crippen LogP contribution in [0.5, 0.6) is 5.88 Å². The van der Waals surface area contributed by atoms with Crippen molar-refractivity contribution in [1.29, 1.82) is 0 Å². The summed E-state index contributed by atoms with van der Waals surface area (Å²) in [5.41, 5.74) is 0.720. The molecule has 0 bridgehead atoms. The van der Waals surface area contributed by atoms with Crippen LogP contribution in [-0.4, -0.2) is 37.2 Å². The average Bonchev–Trinajstić information content (AvgIpc) is 2.93. The Kier molecular flexibility index (Phi) is 3.88. The number of methoxy groups -OCH3 is 1. The lowest BCUT2D eigenvalue weighted by molar-refractivity contribution is 0.384. The molecule has 0 aliphatic carbocycles. The molecule has 126 valence electrons. The van der Waals surface area contributed by atoms with Crippen molar-refractivity contribution in [3.63, 3.8) is 0 Å². The number of aromatic nitrogens is 3. The Morgan fingerprint density at radius 1 is 1.25 bits per heavy atom. The lowest BCUT2D eigenvalue weighted by Gasteiger charge is -2.06. The fourth-order valence-electron chi connectivity index (χ4n) is 2.37. The van der Waals surface area contributed by atoms with E-state index < -0.39 is 15.7 Å². The van der Waals surface area contributed by atoms with Crippen LogP contribution in [0.2, 0.25) is 0 Å². The molecular formula is C15H15FN4O3S. The lowest BCUT2D eigenvalue weighted by atomic mass is 10.4. The molecule has 2 aromatic heterocycles. The summed E-state index contributed by atoms with van der Waals surface area (Å²) in [5.74, 6) is -0.0245. The lowest BCUT2D eigenvalue weighted by Crippen LogP contribution is -2.06. The van der Waals surface area contributed by atoms with Crippen LogP contribution in [0.15, 0.2) is 40.1 Å². The van der Waals surface area contributed by atoms with E-state index in [0.717, 1.165) is 12.1 Å². The number of anilines is 1. The monoisotopic (exact) mass is 350 g/mol. The highest BCUT2D eigenvalue weighted by atomic mass is 32.2. The number of rotatable bonds is 4. The van der Waals surface area contributed by atoms with Gasteiger partial charge in [-0.25, -0.2) is 17.8 Å². The summed E-state index contributed by atoms with van der Waals surface area (Å²) in [4.78, 5) is 4.16. The van der Waals surface area contributed by atoms with Crippen molar-refractivity contribution < 1.29 is 17.5 Å². The van der Waals surface area contributed by atoms with Crippen molar-refractivity contribution in [3.8, 4) is 5.88 Å². The second-order valence-electron chi connectivity index (χ2n) is 5.06. The Morgan fingerprint density at radius 3 is 2.50 bits per heavy atom. The highest BCUT2D eigenvalue weighted by molar-refractivity contribution is 7.91. The fourth-order valence-corrected chi connectivity index (χ4v) is 3.87. The third-order valence-corrected chi connectivity index (χ3v) is 5.29. The number of hydrogen-bond acceptors (Lipinski definition) is 6. The van der Waals surface area contributed by atoms with Crippen molar-refractivity contribution in [1.82, 2.24) is 14.6 Å². The van der Waals surface area contributed by atoms with E-state index in [1.54, 1.807) is 20.0 Å². The summed E-state index contributed by atoms with van der Waals surface area (Å²) < 4.78 is 45.7. The Bertz CT molecular complexity index is 1010. The SMILES string of the molecule is CNc1nn2c(OC)cc(C)nc2c1S(=O)(=O)c1ccc(F)cc1. The van der Waals surface area contributed by atoms with Gasteiger partial charge in [-0.15, -0.1) is 5.10 Å². The summed E-state index contributed by atoms with van der Waals surface area (Å²) in [5, 5.41) is 6.98. The van der Waals surface area contributed by atoms with Gasteiger partial charge in [0, 0.05) is 18.8 Å². The van der Waals surface area contributed by atoms with Gasteiger partial charge < -0.3 is 10.1 Å². The minimum Gasteiger partial charge on any atom is -0.481 e. The first-order valence-electron chi connectivity index (χ1n) is 7.01. The molecule has 1 aromatic carbocycles. The normalized spacial score (nSPS) is 11.7.